The molecule has 0 bridgehead atoms. The number of aryl methyl sites for hydroxylation is 1. The first-order valence-corrected chi connectivity index (χ1v) is 5.52. The summed E-state index contributed by atoms with van der Waals surface area (Å²) in [4.78, 5) is 26.5. The molecule has 0 saturated heterocycles. The molecular formula is C9H13N3O2S. The number of rotatable bonds is 3. The Labute approximate surface area is 91.9 Å². The summed E-state index contributed by atoms with van der Waals surface area (Å²) in [7, 11) is 0. The standard InChI is InChI=1S/C9H13N3O2S/c1-3-4-10-7(13)8(14)12-9-11-6(2)5-15-9/h5H,3-4H2,1-2H3,(H,10,13)(H,11,12,14). The van der Waals surface area contributed by atoms with Crippen LogP contribution in [0.1, 0.15) is 19.0 Å². The second-order valence-electron chi connectivity index (χ2n) is 3.00. The maximum atomic E-state index is 11.3. The number of carbonyl (C=O) groups excluding carboxylic acids is 2. The summed E-state index contributed by atoms with van der Waals surface area (Å²) in [6.07, 6.45) is 0.801. The number of anilines is 1. The van der Waals surface area contributed by atoms with E-state index < -0.39 is 11.8 Å². The minimum absolute atomic E-state index is 0.448. The van der Waals surface area contributed by atoms with Crippen molar-refractivity contribution in [2.45, 2.75) is 20.3 Å². The first-order chi connectivity index (χ1) is 7.13. The highest BCUT2D eigenvalue weighted by Crippen LogP contribution is 2.13. The number of hydrogen-bond donors (Lipinski definition) is 2. The lowest BCUT2D eigenvalue weighted by atomic mass is 10.4. The van der Waals surface area contributed by atoms with Crippen LogP contribution in [0.5, 0.6) is 0 Å². The molecule has 1 aromatic heterocycles. The van der Waals surface area contributed by atoms with E-state index in [9.17, 15) is 9.59 Å². The lowest BCUT2D eigenvalue weighted by Gasteiger charge is -2.02. The predicted octanol–water partition coefficient (Wildman–Crippen LogP) is 0.916. The summed E-state index contributed by atoms with van der Waals surface area (Å²) < 4.78 is 0. The van der Waals surface area contributed by atoms with Gasteiger partial charge in [0, 0.05) is 11.9 Å². The fourth-order valence-corrected chi connectivity index (χ4v) is 1.57. The van der Waals surface area contributed by atoms with Gasteiger partial charge in [0.1, 0.15) is 0 Å². The molecule has 0 fully saturated rings. The second-order valence-corrected chi connectivity index (χ2v) is 3.86. The Hall–Kier alpha value is -1.43. The van der Waals surface area contributed by atoms with Crippen LogP contribution in [-0.2, 0) is 9.59 Å². The molecule has 0 atom stereocenters. The minimum Gasteiger partial charge on any atom is -0.348 e. The highest BCUT2D eigenvalue weighted by atomic mass is 32.1. The molecular weight excluding hydrogens is 214 g/mol. The summed E-state index contributed by atoms with van der Waals surface area (Å²) in [5.74, 6) is -1.29. The molecule has 0 radical (unpaired) electrons. The van der Waals surface area contributed by atoms with E-state index in [1.54, 1.807) is 5.38 Å². The Morgan fingerprint density at radius 3 is 2.73 bits per heavy atom. The van der Waals surface area contributed by atoms with Crippen molar-refractivity contribution in [2.75, 3.05) is 11.9 Å². The average Bonchev–Trinajstić information content (AvgIpc) is 2.60. The number of hydrogen-bond acceptors (Lipinski definition) is 4. The topological polar surface area (TPSA) is 71.1 Å². The largest absolute Gasteiger partial charge is 0.348 e. The highest BCUT2D eigenvalue weighted by Gasteiger charge is 2.13. The van der Waals surface area contributed by atoms with Gasteiger partial charge in [-0.05, 0) is 13.3 Å². The van der Waals surface area contributed by atoms with Crippen LogP contribution in [0.15, 0.2) is 5.38 Å². The van der Waals surface area contributed by atoms with E-state index in [2.05, 4.69) is 15.6 Å². The van der Waals surface area contributed by atoms with Gasteiger partial charge >= 0.3 is 11.8 Å². The summed E-state index contributed by atoms with van der Waals surface area (Å²) >= 11 is 1.30. The lowest BCUT2D eigenvalue weighted by molar-refractivity contribution is -0.136. The first kappa shape index (κ1) is 11.6. The molecule has 1 rings (SSSR count). The lowest BCUT2D eigenvalue weighted by Crippen LogP contribution is -2.35. The van der Waals surface area contributed by atoms with Gasteiger partial charge in [0.2, 0.25) is 0 Å². The zero-order chi connectivity index (χ0) is 11.3. The molecule has 0 saturated carbocycles. The Balaban J connectivity index is 2.45. The molecule has 5 nitrogen and oxygen atoms in total. The van der Waals surface area contributed by atoms with Crippen LogP contribution in [0.25, 0.3) is 0 Å². The van der Waals surface area contributed by atoms with E-state index in [1.807, 2.05) is 13.8 Å². The van der Waals surface area contributed by atoms with Crippen molar-refractivity contribution in [3.63, 3.8) is 0 Å². The zero-order valence-corrected chi connectivity index (χ0v) is 9.48. The van der Waals surface area contributed by atoms with Gasteiger partial charge in [0.05, 0.1) is 5.69 Å². The molecule has 2 N–H and O–H groups in total. The van der Waals surface area contributed by atoms with Crippen LogP contribution in [-0.4, -0.2) is 23.3 Å². The first-order valence-electron chi connectivity index (χ1n) is 4.64. The fourth-order valence-electron chi connectivity index (χ4n) is 0.884. The predicted molar refractivity (Wildman–Crippen MR) is 58.8 cm³/mol. The molecule has 1 heterocycles. The smallest absolute Gasteiger partial charge is 0.315 e. The number of thiazole rings is 1. The van der Waals surface area contributed by atoms with Crippen LogP contribution < -0.4 is 10.6 Å². The zero-order valence-electron chi connectivity index (χ0n) is 8.66. The fraction of sp³-hybridized carbons (Fsp3) is 0.444. The van der Waals surface area contributed by atoms with Gasteiger partial charge in [-0.3, -0.25) is 14.9 Å². The van der Waals surface area contributed by atoms with Crippen LogP contribution in [0.3, 0.4) is 0 Å². The molecule has 0 aromatic carbocycles. The van der Waals surface area contributed by atoms with Gasteiger partial charge in [-0.15, -0.1) is 11.3 Å². The molecule has 0 aliphatic carbocycles. The molecule has 0 unspecified atom stereocenters. The third-order valence-electron chi connectivity index (χ3n) is 1.58. The van der Waals surface area contributed by atoms with Crippen molar-refractivity contribution in [3.05, 3.63) is 11.1 Å². The molecule has 15 heavy (non-hydrogen) atoms. The van der Waals surface area contributed by atoms with Gasteiger partial charge in [0.25, 0.3) is 0 Å². The molecule has 2 amide bonds. The molecule has 6 heteroatoms. The third-order valence-corrected chi connectivity index (χ3v) is 2.46. The summed E-state index contributed by atoms with van der Waals surface area (Å²) in [6, 6.07) is 0. The van der Waals surface area contributed by atoms with Gasteiger partial charge < -0.3 is 5.32 Å². The van der Waals surface area contributed by atoms with E-state index in [1.165, 1.54) is 11.3 Å². The maximum absolute atomic E-state index is 11.3. The van der Waals surface area contributed by atoms with Crippen molar-refractivity contribution < 1.29 is 9.59 Å². The van der Waals surface area contributed by atoms with E-state index >= 15 is 0 Å². The summed E-state index contributed by atoms with van der Waals surface area (Å²) in [5, 5.41) is 7.17. The highest BCUT2D eigenvalue weighted by molar-refractivity contribution is 7.14. The summed E-state index contributed by atoms with van der Waals surface area (Å²) in [6.45, 7) is 4.24. The van der Waals surface area contributed by atoms with Gasteiger partial charge in [-0.2, -0.15) is 0 Å². The van der Waals surface area contributed by atoms with E-state index in [0.717, 1.165) is 12.1 Å². The Morgan fingerprint density at radius 2 is 2.20 bits per heavy atom. The number of carbonyl (C=O) groups is 2. The van der Waals surface area contributed by atoms with Crippen LogP contribution in [0, 0.1) is 6.92 Å². The van der Waals surface area contributed by atoms with Gasteiger partial charge in [0.15, 0.2) is 5.13 Å². The Bertz CT molecular complexity index is 362. The van der Waals surface area contributed by atoms with Crippen molar-refractivity contribution in [3.8, 4) is 0 Å². The third kappa shape index (κ3) is 3.67. The van der Waals surface area contributed by atoms with Crippen molar-refractivity contribution in [1.29, 1.82) is 0 Å². The maximum Gasteiger partial charge on any atom is 0.315 e. The van der Waals surface area contributed by atoms with Crippen LogP contribution in [0.4, 0.5) is 5.13 Å². The van der Waals surface area contributed by atoms with Crippen LogP contribution in [0.2, 0.25) is 0 Å². The molecule has 0 aliphatic heterocycles. The Kier molecular flexibility index (Phi) is 4.23. The SMILES string of the molecule is CCCNC(=O)C(=O)Nc1nc(C)cs1. The van der Waals surface area contributed by atoms with Gasteiger partial charge in [-0.25, -0.2) is 4.98 Å². The number of aromatic nitrogens is 1. The van der Waals surface area contributed by atoms with Crippen molar-refractivity contribution in [2.24, 2.45) is 0 Å². The summed E-state index contributed by atoms with van der Waals surface area (Å²) in [5.41, 5.74) is 0.823. The monoisotopic (exact) mass is 227 g/mol. The van der Waals surface area contributed by atoms with Crippen molar-refractivity contribution >= 4 is 28.3 Å². The normalized spacial score (nSPS) is 9.73. The number of amides is 2. The number of nitrogens with zero attached hydrogens (tertiary/aromatic N) is 1. The molecule has 0 spiro atoms. The van der Waals surface area contributed by atoms with Crippen LogP contribution >= 0.6 is 11.3 Å². The van der Waals surface area contributed by atoms with Gasteiger partial charge in [-0.1, -0.05) is 6.92 Å². The van der Waals surface area contributed by atoms with E-state index in [0.29, 0.717) is 11.7 Å². The average molecular weight is 227 g/mol. The minimum atomic E-state index is -0.669. The van der Waals surface area contributed by atoms with E-state index in [-0.39, 0.29) is 0 Å². The quantitative estimate of drug-likeness (QED) is 0.754. The molecule has 82 valence electrons. The molecule has 1 aromatic rings. The number of nitrogens with one attached hydrogen (secondary N) is 2. The Morgan fingerprint density at radius 1 is 1.47 bits per heavy atom. The molecule has 0 aliphatic rings. The van der Waals surface area contributed by atoms with E-state index in [4.69, 9.17) is 0 Å². The van der Waals surface area contributed by atoms with Crippen molar-refractivity contribution in [1.82, 2.24) is 10.3 Å². The second kappa shape index (κ2) is 5.45.